The molecule has 2 aromatic rings. The lowest BCUT2D eigenvalue weighted by Crippen LogP contribution is -2.23. The molecule has 0 aliphatic carbocycles. The predicted molar refractivity (Wildman–Crippen MR) is 99.4 cm³/mol. The van der Waals surface area contributed by atoms with Gasteiger partial charge in [0.2, 0.25) is 5.88 Å². The molecule has 2 heterocycles. The zero-order chi connectivity index (χ0) is 16.2. The summed E-state index contributed by atoms with van der Waals surface area (Å²) in [5.41, 5.74) is 2.71. The lowest BCUT2D eigenvalue weighted by atomic mass is 10.0. The highest BCUT2D eigenvalue weighted by Crippen LogP contribution is 2.33. The number of benzene rings is 1. The molecule has 1 aromatic carbocycles. The minimum atomic E-state index is 0.175. The van der Waals surface area contributed by atoms with Crippen molar-refractivity contribution in [2.45, 2.75) is 32.6 Å². The summed E-state index contributed by atoms with van der Waals surface area (Å²) < 4.78 is 1.69. The summed E-state index contributed by atoms with van der Waals surface area (Å²) in [4.78, 5) is 4.70. The van der Waals surface area contributed by atoms with Crippen LogP contribution in [0.1, 0.15) is 38.2 Å². The van der Waals surface area contributed by atoms with Crippen LogP contribution < -0.4 is 5.32 Å². The zero-order valence-corrected chi connectivity index (χ0v) is 14.1. The molecule has 4 nitrogen and oxygen atoms in total. The van der Waals surface area contributed by atoms with E-state index in [4.69, 9.17) is 17.2 Å². The molecule has 0 saturated carbocycles. The van der Waals surface area contributed by atoms with E-state index < -0.39 is 0 Å². The van der Waals surface area contributed by atoms with Gasteiger partial charge in [0.25, 0.3) is 0 Å². The maximum Gasteiger partial charge on any atom is 0.207 e. The van der Waals surface area contributed by atoms with Crippen molar-refractivity contribution in [2.75, 3.05) is 6.54 Å². The van der Waals surface area contributed by atoms with Crippen molar-refractivity contribution in [3.05, 3.63) is 42.1 Å². The Hall–Kier alpha value is -2.14. The lowest BCUT2D eigenvalue weighted by molar-refractivity contribution is 0.447. The first kappa shape index (κ1) is 15.7. The number of aromatic nitrogens is 1. The molecule has 1 aliphatic rings. The van der Waals surface area contributed by atoms with E-state index in [2.05, 4.69) is 5.32 Å². The Morgan fingerprint density at radius 3 is 2.96 bits per heavy atom. The number of rotatable bonds is 2. The number of hydrogen-bond acceptors (Lipinski definition) is 3. The Labute approximate surface area is 141 Å². The van der Waals surface area contributed by atoms with Gasteiger partial charge in [-0.3, -0.25) is 9.56 Å². The highest BCUT2D eigenvalue weighted by Gasteiger charge is 2.22. The second-order valence-corrected chi connectivity index (χ2v) is 6.03. The van der Waals surface area contributed by atoms with Gasteiger partial charge in [0.1, 0.15) is 0 Å². The van der Waals surface area contributed by atoms with Gasteiger partial charge in [-0.05, 0) is 50.7 Å². The number of nitrogens with one attached hydrogen (secondary N) is 1. The monoisotopic (exact) mass is 327 g/mol. The smallest absolute Gasteiger partial charge is 0.207 e. The number of nitrogens with zero attached hydrogens (tertiary/aromatic N) is 2. The van der Waals surface area contributed by atoms with Crippen LogP contribution in [0.15, 0.2) is 41.5 Å². The van der Waals surface area contributed by atoms with E-state index in [9.17, 15) is 5.11 Å². The summed E-state index contributed by atoms with van der Waals surface area (Å²) in [6.45, 7) is 2.74. The van der Waals surface area contributed by atoms with E-state index in [1.54, 1.807) is 10.8 Å². The molecule has 0 amide bonds. The molecule has 5 heteroatoms. The first-order valence-electron chi connectivity index (χ1n) is 8.02. The van der Waals surface area contributed by atoms with E-state index in [1.807, 2.05) is 37.3 Å². The SMILES string of the molecule is CC=CNC(=S)n1c(O)c(C2=NCCCCC2)c2ccccc21. The second kappa shape index (κ2) is 6.96. The van der Waals surface area contributed by atoms with Crippen molar-refractivity contribution in [3.63, 3.8) is 0 Å². The summed E-state index contributed by atoms with van der Waals surface area (Å²) in [5.74, 6) is 0.175. The lowest BCUT2D eigenvalue weighted by Gasteiger charge is -2.09. The Kier molecular flexibility index (Phi) is 4.76. The topological polar surface area (TPSA) is 49.5 Å². The molecule has 2 N–H and O–H groups in total. The molecular weight excluding hydrogens is 306 g/mol. The van der Waals surface area contributed by atoms with Crippen molar-refractivity contribution in [1.29, 1.82) is 0 Å². The summed E-state index contributed by atoms with van der Waals surface area (Å²) in [5, 5.41) is 15.3. The molecule has 0 unspecified atom stereocenters. The van der Waals surface area contributed by atoms with Crippen LogP contribution in [0.3, 0.4) is 0 Å². The van der Waals surface area contributed by atoms with Gasteiger partial charge in [-0.2, -0.15) is 0 Å². The maximum absolute atomic E-state index is 10.9. The van der Waals surface area contributed by atoms with Crippen LogP contribution in [0.25, 0.3) is 10.9 Å². The third-order valence-corrected chi connectivity index (χ3v) is 4.39. The van der Waals surface area contributed by atoms with Crippen molar-refractivity contribution in [3.8, 4) is 5.88 Å². The summed E-state index contributed by atoms with van der Waals surface area (Å²) in [6.07, 6.45) is 7.94. The fraction of sp³-hybridized carbons (Fsp3) is 0.333. The molecule has 0 radical (unpaired) electrons. The van der Waals surface area contributed by atoms with Crippen LogP contribution >= 0.6 is 12.2 Å². The quantitative estimate of drug-likeness (QED) is 0.821. The summed E-state index contributed by atoms with van der Waals surface area (Å²) in [7, 11) is 0. The van der Waals surface area contributed by atoms with Gasteiger partial charge in [-0.1, -0.05) is 30.7 Å². The van der Waals surface area contributed by atoms with Crippen LogP contribution in [0, 0.1) is 0 Å². The number of aliphatic imine (C=N–C) groups is 1. The molecular formula is C18H21N3OS. The van der Waals surface area contributed by atoms with E-state index in [0.29, 0.717) is 5.11 Å². The van der Waals surface area contributed by atoms with Gasteiger partial charge in [0, 0.05) is 17.6 Å². The number of fused-ring (bicyclic) bond motifs is 1. The second-order valence-electron chi connectivity index (χ2n) is 5.64. The normalized spacial score (nSPS) is 15.6. The predicted octanol–water partition coefficient (Wildman–Crippen LogP) is 3.97. The highest BCUT2D eigenvalue weighted by atomic mass is 32.1. The average molecular weight is 327 g/mol. The number of para-hydroxylation sites is 1. The number of thiocarbonyl (C=S) groups is 1. The average Bonchev–Trinajstić information content (AvgIpc) is 2.71. The van der Waals surface area contributed by atoms with Crippen molar-refractivity contribution in [2.24, 2.45) is 4.99 Å². The number of allylic oxidation sites excluding steroid dienone is 1. The van der Waals surface area contributed by atoms with E-state index >= 15 is 0 Å². The molecule has 0 spiro atoms. The number of hydrogen-bond donors (Lipinski definition) is 2. The van der Waals surface area contributed by atoms with Crippen LogP contribution in [0.2, 0.25) is 0 Å². The third-order valence-electron chi connectivity index (χ3n) is 4.09. The Morgan fingerprint density at radius 1 is 1.30 bits per heavy atom. The van der Waals surface area contributed by atoms with Gasteiger partial charge >= 0.3 is 0 Å². The molecule has 0 bridgehead atoms. The van der Waals surface area contributed by atoms with Crippen molar-refractivity contribution < 1.29 is 5.11 Å². The van der Waals surface area contributed by atoms with Gasteiger partial charge in [-0.25, -0.2) is 0 Å². The maximum atomic E-state index is 10.9. The molecule has 1 aliphatic heterocycles. The summed E-state index contributed by atoms with van der Waals surface area (Å²) >= 11 is 5.44. The van der Waals surface area contributed by atoms with Gasteiger partial charge in [0.15, 0.2) is 5.11 Å². The van der Waals surface area contributed by atoms with E-state index in [0.717, 1.165) is 48.0 Å². The fourth-order valence-electron chi connectivity index (χ4n) is 3.01. The molecule has 0 fully saturated rings. The first-order chi connectivity index (χ1) is 11.2. The van der Waals surface area contributed by atoms with Gasteiger partial charge in [-0.15, -0.1) is 0 Å². The largest absolute Gasteiger partial charge is 0.494 e. The van der Waals surface area contributed by atoms with Crippen molar-refractivity contribution >= 4 is 33.9 Å². The van der Waals surface area contributed by atoms with Gasteiger partial charge < -0.3 is 10.4 Å². The van der Waals surface area contributed by atoms with Crippen molar-refractivity contribution in [1.82, 2.24) is 9.88 Å². The Morgan fingerprint density at radius 2 is 2.13 bits per heavy atom. The Bertz CT molecular complexity index is 789. The molecule has 0 saturated heterocycles. The minimum Gasteiger partial charge on any atom is -0.494 e. The van der Waals surface area contributed by atoms with Gasteiger partial charge in [0.05, 0.1) is 11.1 Å². The highest BCUT2D eigenvalue weighted by molar-refractivity contribution is 7.80. The molecule has 3 rings (SSSR count). The van der Waals surface area contributed by atoms with Crippen LogP contribution in [-0.4, -0.2) is 27.0 Å². The molecule has 1 aromatic heterocycles. The molecule has 23 heavy (non-hydrogen) atoms. The minimum absolute atomic E-state index is 0.175. The van der Waals surface area contributed by atoms with E-state index in [-0.39, 0.29) is 5.88 Å². The third kappa shape index (κ3) is 3.01. The summed E-state index contributed by atoms with van der Waals surface area (Å²) in [6, 6.07) is 7.93. The first-order valence-corrected chi connectivity index (χ1v) is 8.43. The van der Waals surface area contributed by atoms with E-state index in [1.165, 1.54) is 6.42 Å². The fourth-order valence-corrected chi connectivity index (χ4v) is 3.27. The Balaban J connectivity index is 2.17. The zero-order valence-electron chi connectivity index (χ0n) is 13.2. The number of aromatic hydroxyl groups is 1. The standard InChI is InChI=1S/C18H21N3OS/c1-2-11-20-18(23)21-15-10-6-5-8-13(15)16(17(21)22)14-9-4-3-7-12-19-14/h2,5-6,8,10-11,22H,3-4,7,9,12H2,1H3,(H,20,23). The molecule has 0 atom stereocenters. The van der Waals surface area contributed by atoms with Crippen LogP contribution in [0.4, 0.5) is 0 Å². The molecule has 120 valence electrons. The van der Waals surface area contributed by atoms with Crippen LogP contribution in [0.5, 0.6) is 5.88 Å². The van der Waals surface area contributed by atoms with Crippen LogP contribution in [-0.2, 0) is 0 Å².